The SMILES string of the molecule is CCCCC[Si]1CCC(c2ccc(-c3cc(F)c(Cl)c(F)c3)cc2)CC1. The number of hydrogen-bond acceptors (Lipinski definition) is 0. The van der Waals surface area contributed by atoms with E-state index >= 15 is 0 Å². The lowest BCUT2D eigenvalue weighted by atomic mass is 9.92. The van der Waals surface area contributed by atoms with Crippen molar-refractivity contribution in [3.8, 4) is 11.1 Å². The highest BCUT2D eigenvalue weighted by Crippen LogP contribution is 2.36. The number of rotatable bonds is 6. The molecule has 1 fully saturated rings. The Kier molecular flexibility index (Phi) is 6.88. The lowest BCUT2D eigenvalue weighted by Crippen LogP contribution is -2.20. The fourth-order valence-corrected chi connectivity index (χ4v) is 7.03. The van der Waals surface area contributed by atoms with Crippen LogP contribution in [-0.2, 0) is 0 Å². The van der Waals surface area contributed by atoms with E-state index in [4.69, 9.17) is 11.6 Å². The van der Waals surface area contributed by atoms with Gasteiger partial charge in [0.2, 0.25) is 0 Å². The van der Waals surface area contributed by atoms with Gasteiger partial charge in [-0.25, -0.2) is 8.78 Å². The van der Waals surface area contributed by atoms with Crippen LogP contribution in [0.5, 0.6) is 0 Å². The van der Waals surface area contributed by atoms with Crippen molar-refractivity contribution >= 4 is 20.4 Å². The van der Waals surface area contributed by atoms with Gasteiger partial charge in [0.1, 0.15) is 16.7 Å². The van der Waals surface area contributed by atoms with Gasteiger partial charge < -0.3 is 0 Å². The molecule has 1 radical (unpaired) electrons. The van der Waals surface area contributed by atoms with Crippen LogP contribution in [0.1, 0.15) is 50.5 Å². The second-order valence-electron chi connectivity index (χ2n) is 7.36. The second kappa shape index (κ2) is 9.14. The van der Waals surface area contributed by atoms with Crippen molar-refractivity contribution in [2.45, 2.75) is 63.1 Å². The maximum atomic E-state index is 13.7. The predicted molar refractivity (Wildman–Crippen MR) is 108 cm³/mol. The van der Waals surface area contributed by atoms with Crippen molar-refractivity contribution in [3.05, 3.63) is 58.6 Å². The Balaban J connectivity index is 1.62. The van der Waals surface area contributed by atoms with E-state index in [0.29, 0.717) is 11.5 Å². The third-order valence-corrected chi connectivity index (χ3v) is 8.94. The second-order valence-corrected chi connectivity index (χ2v) is 10.7. The topological polar surface area (TPSA) is 0 Å². The van der Waals surface area contributed by atoms with Crippen LogP contribution in [0.25, 0.3) is 11.1 Å². The molecule has 0 saturated carbocycles. The molecular weight excluding hydrogens is 366 g/mol. The molecule has 0 unspecified atom stereocenters. The summed E-state index contributed by atoms with van der Waals surface area (Å²) in [6.45, 7) is 2.27. The molecule has 26 heavy (non-hydrogen) atoms. The number of hydrogen-bond donors (Lipinski definition) is 0. The van der Waals surface area contributed by atoms with E-state index in [9.17, 15) is 8.78 Å². The number of unbranched alkanes of at least 4 members (excludes halogenated alkanes) is 2. The molecule has 0 aromatic heterocycles. The van der Waals surface area contributed by atoms with Gasteiger partial charge in [0, 0.05) is 8.80 Å². The fraction of sp³-hybridized carbons (Fsp3) is 0.455. The Morgan fingerprint density at radius 1 is 0.962 bits per heavy atom. The molecule has 0 amide bonds. The van der Waals surface area contributed by atoms with Crippen molar-refractivity contribution in [1.82, 2.24) is 0 Å². The third kappa shape index (κ3) is 4.75. The molecule has 4 heteroatoms. The molecule has 1 heterocycles. The molecule has 2 aromatic rings. The number of halogens is 3. The van der Waals surface area contributed by atoms with Gasteiger partial charge in [-0.2, -0.15) is 0 Å². The molecular formula is C22H26ClF2Si. The van der Waals surface area contributed by atoms with Crippen LogP contribution in [0.4, 0.5) is 8.78 Å². The Bertz CT molecular complexity index is 698. The minimum absolute atomic E-state index is 0.120. The van der Waals surface area contributed by atoms with Crippen molar-refractivity contribution in [2.75, 3.05) is 0 Å². The summed E-state index contributed by atoms with van der Waals surface area (Å²) in [6, 6.07) is 15.1. The monoisotopic (exact) mass is 391 g/mol. The smallest absolute Gasteiger partial charge is 0.145 e. The Hall–Kier alpha value is -1.19. The third-order valence-electron chi connectivity index (χ3n) is 5.53. The maximum absolute atomic E-state index is 13.7. The number of benzene rings is 2. The zero-order chi connectivity index (χ0) is 18.5. The highest BCUT2D eigenvalue weighted by molar-refractivity contribution is 6.59. The van der Waals surface area contributed by atoms with Crippen molar-refractivity contribution < 1.29 is 8.78 Å². The van der Waals surface area contributed by atoms with E-state index in [1.807, 2.05) is 12.1 Å². The predicted octanol–water partition coefficient (Wildman–Crippen LogP) is 7.85. The summed E-state index contributed by atoms with van der Waals surface area (Å²) in [4.78, 5) is 0. The van der Waals surface area contributed by atoms with Gasteiger partial charge in [-0.05, 0) is 47.6 Å². The van der Waals surface area contributed by atoms with E-state index in [1.165, 1.54) is 67.9 Å². The summed E-state index contributed by atoms with van der Waals surface area (Å²) in [5, 5.41) is -0.441. The minimum atomic E-state index is -0.712. The highest BCUT2D eigenvalue weighted by atomic mass is 35.5. The first-order chi connectivity index (χ1) is 12.6. The normalized spacial score (nSPS) is 16.2. The molecule has 0 atom stereocenters. The van der Waals surface area contributed by atoms with Gasteiger partial charge in [0.05, 0.1) is 0 Å². The van der Waals surface area contributed by atoms with Gasteiger partial charge in [-0.1, -0.05) is 80.2 Å². The van der Waals surface area contributed by atoms with Crippen LogP contribution in [-0.4, -0.2) is 8.80 Å². The van der Waals surface area contributed by atoms with E-state index in [0.717, 1.165) is 5.56 Å². The summed E-state index contributed by atoms with van der Waals surface area (Å²) in [6.07, 6.45) is 6.70. The van der Waals surface area contributed by atoms with Gasteiger partial charge in [0.15, 0.2) is 0 Å². The van der Waals surface area contributed by atoms with Gasteiger partial charge in [-0.15, -0.1) is 0 Å². The summed E-state index contributed by atoms with van der Waals surface area (Å²) >= 11 is 5.57. The maximum Gasteiger partial charge on any atom is 0.145 e. The van der Waals surface area contributed by atoms with Crippen LogP contribution < -0.4 is 0 Å². The quantitative estimate of drug-likeness (QED) is 0.267. The van der Waals surface area contributed by atoms with Crippen LogP contribution in [0, 0.1) is 11.6 Å². The first-order valence-corrected chi connectivity index (χ1v) is 12.2. The zero-order valence-electron chi connectivity index (χ0n) is 15.3. The van der Waals surface area contributed by atoms with Crippen LogP contribution >= 0.6 is 11.6 Å². The molecule has 2 aromatic carbocycles. The fourth-order valence-electron chi connectivity index (χ4n) is 3.90. The first kappa shape index (κ1) is 19.6. The minimum Gasteiger partial charge on any atom is -0.205 e. The molecule has 139 valence electrons. The largest absolute Gasteiger partial charge is 0.205 e. The molecule has 0 aliphatic carbocycles. The van der Waals surface area contributed by atoms with Gasteiger partial charge in [-0.3, -0.25) is 0 Å². The van der Waals surface area contributed by atoms with Crippen LogP contribution in [0.3, 0.4) is 0 Å². The lowest BCUT2D eigenvalue weighted by Gasteiger charge is -2.28. The Labute approximate surface area is 162 Å². The Morgan fingerprint density at radius 3 is 2.15 bits per heavy atom. The molecule has 0 bridgehead atoms. The highest BCUT2D eigenvalue weighted by Gasteiger charge is 2.23. The summed E-state index contributed by atoms with van der Waals surface area (Å²) in [5.74, 6) is -0.783. The molecule has 0 spiro atoms. The van der Waals surface area contributed by atoms with E-state index in [2.05, 4.69) is 19.1 Å². The summed E-state index contributed by atoms with van der Waals surface area (Å²) in [7, 11) is -0.120. The van der Waals surface area contributed by atoms with E-state index < -0.39 is 16.7 Å². The molecule has 1 aliphatic rings. The molecule has 0 nitrogen and oxygen atoms in total. The van der Waals surface area contributed by atoms with Crippen LogP contribution in [0.15, 0.2) is 36.4 Å². The molecule has 0 N–H and O–H groups in total. The lowest BCUT2D eigenvalue weighted by molar-refractivity contribution is 0.585. The zero-order valence-corrected chi connectivity index (χ0v) is 17.1. The van der Waals surface area contributed by atoms with Gasteiger partial charge in [0.25, 0.3) is 0 Å². The molecule has 1 aliphatic heterocycles. The summed E-state index contributed by atoms with van der Waals surface area (Å²) in [5.41, 5.74) is 2.71. The molecule has 1 saturated heterocycles. The average molecular weight is 392 g/mol. The summed E-state index contributed by atoms with van der Waals surface area (Å²) < 4.78 is 27.3. The van der Waals surface area contributed by atoms with Crippen molar-refractivity contribution in [1.29, 1.82) is 0 Å². The van der Waals surface area contributed by atoms with Crippen molar-refractivity contribution in [2.24, 2.45) is 0 Å². The van der Waals surface area contributed by atoms with E-state index in [1.54, 1.807) is 0 Å². The molecule has 3 rings (SSSR count). The average Bonchev–Trinajstić information content (AvgIpc) is 2.67. The van der Waals surface area contributed by atoms with Gasteiger partial charge >= 0.3 is 0 Å². The van der Waals surface area contributed by atoms with Crippen LogP contribution in [0.2, 0.25) is 23.2 Å². The Morgan fingerprint density at radius 2 is 1.58 bits per heavy atom. The first-order valence-electron chi connectivity index (χ1n) is 9.67. The standard InChI is InChI=1S/C22H26ClF2Si/c1-2-3-4-11-26-12-9-18(10-13-26)16-5-7-17(8-6-16)19-14-20(24)22(23)21(25)15-19/h5-8,14-15,18H,2-4,9-13H2,1H3. The van der Waals surface area contributed by atoms with E-state index in [-0.39, 0.29) is 8.80 Å². The van der Waals surface area contributed by atoms with Crippen molar-refractivity contribution in [3.63, 3.8) is 0 Å².